The second-order valence-corrected chi connectivity index (χ2v) is 13.3. The second kappa shape index (κ2) is 7.71. The van der Waals surface area contributed by atoms with Crippen LogP contribution >= 0.6 is 33.2 Å². The summed E-state index contributed by atoms with van der Waals surface area (Å²) < 4.78 is 5.38. The minimum absolute atomic E-state index is 0.454. The summed E-state index contributed by atoms with van der Waals surface area (Å²) in [7, 11) is 0. The summed E-state index contributed by atoms with van der Waals surface area (Å²) in [5.41, 5.74) is 1.40. The van der Waals surface area contributed by atoms with E-state index in [2.05, 4.69) is 17.9 Å². The third-order valence-electron chi connectivity index (χ3n) is 2.83. The lowest BCUT2D eigenvalue weighted by Gasteiger charge is -2.16. The minimum Gasteiger partial charge on any atom is -0.365 e. The molecule has 17 heavy (non-hydrogen) atoms. The zero-order valence-electron chi connectivity index (χ0n) is 9.94. The molecule has 1 saturated carbocycles. The van der Waals surface area contributed by atoms with Gasteiger partial charge < -0.3 is 4.74 Å². The molecular weight excluding hydrogens is 295 g/mol. The standard InChI is InChI=1S/C12H17Cl3OSi/c1-2-3-8-16-9-7-11-5-4-6-12(11)10-17(13,14)15/h7,12H,4-6,8-10H2,1H3/b11-7+. The predicted molar refractivity (Wildman–Crippen MR) is 77.8 cm³/mol. The molecular formula is C12H17Cl3OSi. The van der Waals surface area contributed by atoms with Gasteiger partial charge in [0.25, 0.3) is 0 Å². The van der Waals surface area contributed by atoms with E-state index < -0.39 is 6.00 Å². The first-order chi connectivity index (χ1) is 8.03. The lowest BCUT2D eigenvalue weighted by atomic mass is 10.1. The monoisotopic (exact) mass is 310 g/mol. The number of halogens is 3. The third kappa shape index (κ3) is 6.74. The molecule has 1 aliphatic rings. The highest BCUT2D eigenvalue weighted by Crippen LogP contribution is 2.40. The summed E-state index contributed by atoms with van der Waals surface area (Å²) in [5, 5.41) is 0. The predicted octanol–water partition coefficient (Wildman–Crippen LogP) is 4.41. The van der Waals surface area contributed by atoms with Gasteiger partial charge in [0.05, 0.1) is 6.61 Å². The van der Waals surface area contributed by atoms with Crippen molar-refractivity contribution < 1.29 is 4.74 Å². The van der Waals surface area contributed by atoms with Crippen molar-refractivity contribution in [3.05, 3.63) is 11.6 Å². The van der Waals surface area contributed by atoms with Crippen LogP contribution in [-0.2, 0) is 4.74 Å². The quantitative estimate of drug-likeness (QED) is 0.240. The average Bonchev–Trinajstić information content (AvgIpc) is 2.63. The van der Waals surface area contributed by atoms with Crippen LogP contribution in [0, 0.1) is 17.8 Å². The van der Waals surface area contributed by atoms with Crippen molar-refractivity contribution in [1.29, 1.82) is 0 Å². The van der Waals surface area contributed by atoms with Crippen molar-refractivity contribution in [2.45, 2.75) is 32.2 Å². The Morgan fingerprint density at radius 2 is 2.24 bits per heavy atom. The third-order valence-corrected chi connectivity index (χ3v) is 5.18. The Morgan fingerprint density at radius 3 is 2.88 bits per heavy atom. The molecule has 1 rings (SSSR count). The Kier molecular flexibility index (Phi) is 6.99. The molecule has 1 unspecified atom stereocenters. The van der Waals surface area contributed by atoms with Gasteiger partial charge in [-0.25, -0.2) is 0 Å². The smallest absolute Gasteiger partial charge is 0.342 e. The fourth-order valence-electron chi connectivity index (χ4n) is 2.07. The van der Waals surface area contributed by atoms with Gasteiger partial charge >= 0.3 is 6.00 Å². The van der Waals surface area contributed by atoms with Gasteiger partial charge in [-0.2, -0.15) is 0 Å². The van der Waals surface area contributed by atoms with Crippen molar-refractivity contribution in [1.82, 2.24) is 0 Å². The Morgan fingerprint density at radius 1 is 1.47 bits per heavy atom. The molecule has 1 fully saturated rings. The molecule has 0 radical (unpaired) electrons. The van der Waals surface area contributed by atoms with Crippen LogP contribution in [0.2, 0.25) is 6.04 Å². The van der Waals surface area contributed by atoms with Gasteiger partial charge in [0.2, 0.25) is 0 Å². The first kappa shape index (κ1) is 15.4. The van der Waals surface area contributed by atoms with Crippen LogP contribution < -0.4 is 0 Å². The summed E-state index contributed by atoms with van der Waals surface area (Å²) >= 11 is 17.9. The molecule has 0 aromatic heterocycles. The van der Waals surface area contributed by atoms with Crippen molar-refractivity contribution >= 4 is 39.2 Å². The lowest BCUT2D eigenvalue weighted by Crippen LogP contribution is -2.15. The maximum Gasteiger partial charge on any atom is 0.342 e. The maximum absolute atomic E-state index is 5.97. The zero-order chi connectivity index (χ0) is 12.7. The van der Waals surface area contributed by atoms with Gasteiger partial charge in [-0.15, -0.1) is 39.2 Å². The first-order valence-corrected chi connectivity index (χ1v) is 11.0. The Balaban J connectivity index is 2.39. The van der Waals surface area contributed by atoms with E-state index in [0.29, 0.717) is 19.1 Å². The normalized spacial score (nSPS) is 22.6. The van der Waals surface area contributed by atoms with E-state index in [-0.39, 0.29) is 0 Å². The maximum atomic E-state index is 5.97. The number of hydrogen-bond donors (Lipinski definition) is 0. The highest BCUT2D eigenvalue weighted by Gasteiger charge is 2.33. The molecule has 1 atom stereocenters. The van der Waals surface area contributed by atoms with Crippen molar-refractivity contribution in [2.75, 3.05) is 13.2 Å². The molecule has 1 nitrogen and oxygen atoms in total. The summed E-state index contributed by atoms with van der Waals surface area (Å²) in [4.78, 5) is 0. The van der Waals surface area contributed by atoms with Gasteiger partial charge in [-0.3, -0.25) is 0 Å². The molecule has 1 aliphatic carbocycles. The van der Waals surface area contributed by atoms with E-state index in [1.807, 2.05) is 0 Å². The largest absolute Gasteiger partial charge is 0.365 e. The lowest BCUT2D eigenvalue weighted by molar-refractivity contribution is 0.198. The first-order valence-electron chi connectivity index (χ1n) is 5.76. The van der Waals surface area contributed by atoms with Gasteiger partial charge in [-0.1, -0.05) is 17.6 Å². The number of allylic oxidation sites excluding steroid dienone is 1. The molecule has 5 heteroatoms. The van der Waals surface area contributed by atoms with Crippen LogP contribution in [0.25, 0.3) is 0 Å². The van der Waals surface area contributed by atoms with E-state index in [1.165, 1.54) is 12.0 Å². The summed E-state index contributed by atoms with van der Waals surface area (Å²) in [6.07, 6.45) is 5.59. The Bertz CT molecular complexity index is 325. The fourth-order valence-corrected chi connectivity index (χ4v) is 4.77. The second-order valence-electron chi connectivity index (χ2n) is 4.13. The van der Waals surface area contributed by atoms with Crippen LogP contribution in [0.3, 0.4) is 0 Å². The van der Waals surface area contributed by atoms with Crippen LogP contribution in [-0.4, -0.2) is 19.2 Å². The number of rotatable bonds is 5. The summed E-state index contributed by atoms with van der Waals surface area (Å²) in [5.74, 6) is 6.11. The molecule has 0 heterocycles. The highest BCUT2D eigenvalue weighted by atomic mass is 35.8. The molecule has 0 aromatic rings. The number of hydrogen-bond acceptors (Lipinski definition) is 1. The van der Waals surface area contributed by atoms with Gasteiger partial charge in [0.15, 0.2) is 0 Å². The summed E-state index contributed by atoms with van der Waals surface area (Å²) in [6.45, 7) is 2.91. The highest BCUT2D eigenvalue weighted by molar-refractivity contribution is 7.64. The van der Waals surface area contributed by atoms with Gasteiger partial charge in [0.1, 0.15) is 6.61 Å². The van der Waals surface area contributed by atoms with E-state index in [9.17, 15) is 0 Å². The fraction of sp³-hybridized carbons (Fsp3) is 0.667. The Labute approximate surface area is 119 Å². The number of ether oxygens (including phenoxy) is 1. The summed E-state index contributed by atoms with van der Waals surface area (Å²) in [6, 6.07) is -1.78. The molecule has 0 N–H and O–H groups in total. The Hall–Kier alpha value is 0.347. The molecule has 0 bridgehead atoms. The molecule has 0 amide bonds. The van der Waals surface area contributed by atoms with Gasteiger partial charge in [-0.05, 0) is 38.1 Å². The van der Waals surface area contributed by atoms with E-state index in [1.54, 1.807) is 6.92 Å². The van der Waals surface area contributed by atoms with E-state index in [0.717, 1.165) is 18.9 Å². The average molecular weight is 312 g/mol. The van der Waals surface area contributed by atoms with Crippen LogP contribution in [0.4, 0.5) is 0 Å². The molecule has 96 valence electrons. The molecule has 0 spiro atoms. The van der Waals surface area contributed by atoms with Crippen LogP contribution in [0.1, 0.15) is 26.2 Å². The van der Waals surface area contributed by atoms with Crippen LogP contribution in [0.5, 0.6) is 0 Å². The zero-order valence-corrected chi connectivity index (χ0v) is 13.2. The minimum atomic E-state index is -2.51. The molecule has 0 aliphatic heterocycles. The van der Waals surface area contributed by atoms with Crippen molar-refractivity contribution in [3.8, 4) is 11.8 Å². The molecule has 0 saturated heterocycles. The van der Waals surface area contributed by atoms with E-state index >= 15 is 0 Å². The topological polar surface area (TPSA) is 9.23 Å². The van der Waals surface area contributed by atoms with Crippen molar-refractivity contribution in [3.63, 3.8) is 0 Å². The van der Waals surface area contributed by atoms with E-state index in [4.69, 9.17) is 38.0 Å². The van der Waals surface area contributed by atoms with Crippen molar-refractivity contribution in [2.24, 2.45) is 5.92 Å². The van der Waals surface area contributed by atoms with Crippen LogP contribution in [0.15, 0.2) is 11.6 Å². The van der Waals surface area contributed by atoms with Gasteiger partial charge in [0, 0.05) is 0 Å². The molecule has 0 aromatic carbocycles. The SMILES string of the molecule is CC#CCOC/C=C1\CCCC1C[Si](Cl)(Cl)Cl.